The van der Waals surface area contributed by atoms with Gasteiger partial charge in [-0.25, -0.2) is 4.98 Å². The number of benzene rings is 1. The number of nitrogens with zero attached hydrogens (tertiary/aromatic N) is 3. The number of hydrogen-bond donors (Lipinski definition) is 1. The SMILES string of the molecule is CCN(CC)Cc1cccc(NCc2nccn2C)c1. The second-order valence-corrected chi connectivity index (χ2v) is 4.97. The van der Waals surface area contributed by atoms with Gasteiger partial charge in [-0.1, -0.05) is 26.0 Å². The van der Waals surface area contributed by atoms with Gasteiger partial charge in [0.15, 0.2) is 0 Å². The van der Waals surface area contributed by atoms with Crippen molar-refractivity contribution >= 4 is 5.69 Å². The molecule has 0 amide bonds. The van der Waals surface area contributed by atoms with Crippen molar-refractivity contribution in [3.05, 3.63) is 48.0 Å². The maximum atomic E-state index is 4.32. The number of nitrogens with one attached hydrogen (secondary N) is 1. The molecule has 0 bridgehead atoms. The molecule has 2 rings (SSSR count). The van der Waals surface area contributed by atoms with Crippen molar-refractivity contribution < 1.29 is 0 Å². The average Bonchev–Trinajstić information content (AvgIpc) is 2.88. The topological polar surface area (TPSA) is 33.1 Å². The van der Waals surface area contributed by atoms with Crippen molar-refractivity contribution in [2.75, 3.05) is 18.4 Å². The molecule has 0 saturated carbocycles. The normalized spacial score (nSPS) is 11.0. The van der Waals surface area contributed by atoms with Crippen LogP contribution in [0, 0.1) is 0 Å². The van der Waals surface area contributed by atoms with E-state index in [0.717, 1.165) is 37.7 Å². The fourth-order valence-electron chi connectivity index (χ4n) is 2.23. The zero-order valence-corrected chi connectivity index (χ0v) is 12.6. The van der Waals surface area contributed by atoms with Crippen LogP contribution < -0.4 is 5.32 Å². The maximum absolute atomic E-state index is 4.32. The van der Waals surface area contributed by atoms with Gasteiger partial charge in [-0.05, 0) is 30.8 Å². The smallest absolute Gasteiger partial charge is 0.127 e. The molecule has 4 nitrogen and oxygen atoms in total. The molecule has 0 aliphatic heterocycles. The van der Waals surface area contributed by atoms with E-state index in [4.69, 9.17) is 0 Å². The Bertz CT molecular complexity index is 529. The van der Waals surface area contributed by atoms with Crippen LogP contribution >= 0.6 is 0 Å². The summed E-state index contributed by atoms with van der Waals surface area (Å²) in [4.78, 5) is 6.73. The third kappa shape index (κ3) is 3.84. The standard InChI is InChI=1S/C16H24N4/c1-4-20(5-2)13-14-7-6-8-15(11-14)18-12-16-17-9-10-19(16)3/h6-11,18H,4-5,12-13H2,1-3H3. The van der Waals surface area contributed by atoms with E-state index in [1.54, 1.807) is 0 Å². The minimum atomic E-state index is 0.748. The van der Waals surface area contributed by atoms with Gasteiger partial charge in [-0.15, -0.1) is 0 Å². The van der Waals surface area contributed by atoms with Gasteiger partial charge in [0.2, 0.25) is 0 Å². The van der Waals surface area contributed by atoms with Crippen molar-refractivity contribution in [1.82, 2.24) is 14.5 Å². The van der Waals surface area contributed by atoms with Crippen molar-refractivity contribution in [2.24, 2.45) is 7.05 Å². The summed E-state index contributed by atoms with van der Waals surface area (Å²) in [5.74, 6) is 1.04. The number of aromatic nitrogens is 2. The van der Waals surface area contributed by atoms with Gasteiger partial charge in [0.05, 0.1) is 6.54 Å². The Labute approximate surface area is 121 Å². The molecule has 1 aromatic heterocycles. The molecule has 1 aromatic carbocycles. The average molecular weight is 272 g/mol. The van der Waals surface area contributed by atoms with E-state index >= 15 is 0 Å². The second kappa shape index (κ2) is 7.10. The summed E-state index contributed by atoms with van der Waals surface area (Å²) in [7, 11) is 2.01. The lowest BCUT2D eigenvalue weighted by molar-refractivity contribution is 0.296. The minimum absolute atomic E-state index is 0.748. The highest BCUT2D eigenvalue weighted by molar-refractivity contribution is 5.45. The van der Waals surface area contributed by atoms with Gasteiger partial charge in [0, 0.05) is 31.7 Å². The Kier molecular flexibility index (Phi) is 5.18. The molecule has 0 unspecified atom stereocenters. The molecule has 4 heteroatoms. The summed E-state index contributed by atoms with van der Waals surface area (Å²) >= 11 is 0. The summed E-state index contributed by atoms with van der Waals surface area (Å²) < 4.78 is 2.03. The molecule has 0 atom stereocenters. The Hall–Kier alpha value is -1.81. The van der Waals surface area contributed by atoms with Crippen molar-refractivity contribution in [2.45, 2.75) is 26.9 Å². The van der Waals surface area contributed by atoms with Crippen molar-refractivity contribution in [1.29, 1.82) is 0 Å². The van der Waals surface area contributed by atoms with E-state index in [1.807, 2.05) is 24.0 Å². The number of rotatable bonds is 7. The maximum Gasteiger partial charge on any atom is 0.127 e. The van der Waals surface area contributed by atoms with E-state index in [9.17, 15) is 0 Å². The molecular formula is C16H24N4. The lowest BCUT2D eigenvalue weighted by atomic mass is 10.2. The van der Waals surface area contributed by atoms with Gasteiger partial charge in [-0.3, -0.25) is 4.90 Å². The monoisotopic (exact) mass is 272 g/mol. The summed E-state index contributed by atoms with van der Waals surface area (Å²) in [5.41, 5.74) is 2.50. The molecule has 0 spiro atoms. The third-order valence-electron chi connectivity index (χ3n) is 3.60. The quantitative estimate of drug-likeness (QED) is 0.841. The van der Waals surface area contributed by atoms with Gasteiger partial charge in [0.25, 0.3) is 0 Å². The number of aryl methyl sites for hydroxylation is 1. The molecule has 0 fully saturated rings. The van der Waals surface area contributed by atoms with Gasteiger partial charge >= 0.3 is 0 Å². The predicted molar refractivity (Wildman–Crippen MR) is 83.6 cm³/mol. The first kappa shape index (κ1) is 14.6. The van der Waals surface area contributed by atoms with E-state index in [2.05, 4.69) is 53.3 Å². The summed E-state index contributed by atoms with van der Waals surface area (Å²) in [6.45, 7) is 8.32. The molecule has 0 aliphatic rings. The first-order chi connectivity index (χ1) is 9.72. The van der Waals surface area contributed by atoms with E-state index in [1.165, 1.54) is 5.56 Å². The molecule has 0 saturated heterocycles. The lowest BCUT2D eigenvalue weighted by Crippen LogP contribution is -2.22. The zero-order chi connectivity index (χ0) is 14.4. The molecule has 2 aromatic rings. The largest absolute Gasteiger partial charge is 0.378 e. The molecule has 1 N–H and O–H groups in total. The summed E-state index contributed by atoms with van der Waals surface area (Å²) in [5, 5.41) is 3.44. The van der Waals surface area contributed by atoms with Crippen molar-refractivity contribution in [3.63, 3.8) is 0 Å². The van der Waals surface area contributed by atoms with Crippen LogP contribution in [0.4, 0.5) is 5.69 Å². The first-order valence-electron chi connectivity index (χ1n) is 7.24. The highest BCUT2D eigenvalue weighted by atomic mass is 15.1. The Morgan fingerprint density at radius 1 is 1.25 bits per heavy atom. The Balaban J connectivity index is 1.97. The zero-order valence-electron chi connectivity index (χ0n) is 12.6. The molecule has 0 radical (unpaired) electrons. The highest BCUT2D eigenvalue weighted by Crippen LogP contribution is 2.13. The van der Waals surface area contributed by atoms with Gasteiger partial charge in [-0.2, -0.15) is 0 Å². The van der Waals surface area contributed by atoms with E-state index < -0.39 is 0 Å². The number of hydrogen-bond acceptors (Lipinski definition) is 3. The third-order valence-corrected chi connectivity index (χ3v) is 3.60. The van der Waals surface area contributed by atoms with Crippen molar-refractivity contribution in [3.8, 4) is 0 Å². The van der Waals surface area contributed by atoms with Crippen LogP contribution in [-0.2, 0) is 20.1 Å². The van der Waals surface area contributed by atoms with E-state index in [0.29, 0.717) is 0 Å². The van der Waals surface area contributed by atoms with Crippen LogP contribution in [-0.4, -0.2) is 27.5 Å². The second-order valence-electron chi connectivity index (χ2n) is 4.97. The van der Waals surface area contributed by atoms with Gasteiger partial charge in [0.1, 0.15) is 5.82 Å². The highest BCUT2D eigenvalue weighted by Gasteiger charge is 2.03. The van der Waals surface area contributed by atoms with Crippen LogP contribution in [0.2, 0.25) is 0 Å². The fraction of sp³-hybridized carbons (Fsp3) is 0.438. The van der Waals surface area contributed by atoms with Crippen LogP contribution in [0.5, 0.6) is 0 Å². The van der Waals surface area contributed by atoms with Crippen LogP contribution in [0.3, 0.4) is 0 Å². The lowest BCUT2D eigenvalue weighted by Gasteiger charge is -2.18. The Morgan fingerprint density at radius 3 is 2.70 bits per heavy atom. The molecule has 108 valence electrons. The number of anilines is 1. The number of imidazole rings is 1. The molecule has 0 aliphatic carbocycles. The first-order valence-corrected chi connectivity index (χ1v) is 7.24. The predicted octanol–water partition coefficient (Wildman–Crippen LogP) is 2.87. The van der Waals surface area contributed by atoms with Crippen LogP contribution in [0.15, 0.2) is 36.7 Å². The summed E-state index contributed by atoms with van der Waals surface area (Å²) in [6.07, 6.45) is 3.79. The molecular weight excluding hydrogens is 248 g/mol. The van der Waals surface area contributed by atoms with Gasteiger partial charge < -0.3 is 9.88 Å². The fourth-order valence-corrected chi connectivity index (χ4v) is 2.23. The molecule has 20 heavy (non-hydrogen) atoms. The Morgan fingerprint density at radius 2 is 2.05 bits per heavy atom. The molecule has 1 heterocycles. The van der Waals surface area contributed by atoms with Crippen LogP contribution in [0.1, 0.15) is 25.2 Å². The van der Waals surface area contributed by atoms with Crippen LogP contribution in [0.25, 0.3) is 0 Å². The minimum Gasteiger partial charge on any atom is -0.378 e. The van der Waals surface area contributed by atoms with E-state index in [-0.39, 0.29) is 0 Å². The summed E-state index contributed by atoms with van der Waals surface area (Å²) in [6, 6.07) is 8.62.